The average molecular weight is 586 g/mol. The largest absolute Gasteiger partial charge is 0.353 e. The molecule has 0 radical (unpaired) electrons. The van der Waals surface area contributed by atoms with Gasteiger partial charge in [0.25, 0.3) is 10.0 Å². The van der Waals surface area contributed by atoms with E-state index in [4.69, 9.17) is 0 Å². The van der Waals surface area contributed by atoms with Crippen LogP contribution in [0.4, 0.5) is 24.8 Å². The van der Waals surface area contributed by atoms with Crippen LogP contribution in [0.1, 0.15) is 0 Å². The second kappa shape index (κ2) is 10.5. The number of thiazole rings is 1. The number of nitrogens with one attached hydrogen (secondary N) is 3. The lowest BCUT2D eigenvalue weighted by Crippen LogP contribution is -2.17. The smallest absolute Gasteiger partial charge is 0.305 e. The zero-order chi connectivity index (χ0) is 27.7. The summed E-state index contributed by atoms with van der Waals surface area (Å²) in [6, 6.07) is 7.21. The lowest BCUT2D eigenvalue weighted by molar-refractivity contribution is 0.521. The van der Waals surface area contributed by atoms with E-state index < -0.39 is 52.8 Å². The highest BCUT2D eigenvalue weighted by atomic mass is 32.2. The van der Waals surface area contributed by atoms with Gasteiger partial charge in [0, 0.05) is 24.6 Å². The highest BCUT2D eigenvalue weighted by Crippen LogP contribution is 2.34. The van der Waals surface area contributed by atoms with Gasteiger partial charge in [-0.25, -0.2) is 40.0 Å². The van der Waals surface area contributed by atoms with Crippen LogP contribution in [0.3, 0.4) is 0 Å². The van der Waals surface area contributed by atoms with E-state index in [0.717, 1.165) is 47.9 Å². The zero-order valence-corrected chi connectivity index (χ0v) is 21.8. The molecule has 0 amide bonds. The maximum atomic E-state index is 14.6. The first-order chi connectivity index (χ1) is 17.8. The summed E-state index contributed by atoms with van der Waals surface area (Å²) in [7, 11) is -8.08. The molecule has 0 bridgehead atoms. The molecule has 0 unspecified atom stereocenters. The minimum absolute atomic E-state index is 0.0442. The van der Waals surface area contributed by atoms with Crippen LogP contribution in [0.5, 0.6) is 0 Å². The summed E-state index contributed by atoms with van der Waals surface area (Å²) in [5.74, 6) is -3.81. The molecule has 3 N–H and O–H groups in total. The Balaban J connectivity index is 1.69. The molecule has 0 fully saturated rings. The van der Waals surface area contributed by atoms with E-state index in [-0.39, 0.29) is 35.2 Å². The Kier molecular flexibility index (Phi) is 7.57. The van der Waals surface area contributed by atoms with Gasteiger partial charge in [-0.15, -0.1) is 0 Å². The van der Waals surface area contributed by atoms with Gasteiger partial charge in [-0.05, 0) is 36.4 Å². The molecule has 0 aliphatic carbocycles. The number of sulfonamides is 1. The van der Waals surface area contributed by atoms with Crippen LogP contribution < -0.4 is 14.9 Å². The molecule has 2 aromatic heterocycles. The molecule has 0 atom stereocenters. The number of nitrogens with zero attached hydrogens (tertiary/aromatic N) is 2. The number of aromatic nitrogens is 3. The lowest BCUT2D eigenvalue weighted by atomic mass is 10.1. The number of hydrogen-bond donors (Lipinski definition) is 3. The highest BCUT2D eigenvalue weighted by molar-refractivity contribution is 7.92. The number of halogens is 3. The van der Waals surface area contributed by atoms with Crippen LogP contribution in [-0.4, -0.2) is 50.3 Å². The predicted molar refractivity (Wildman–Crippen MR) is 137 cm³/mol. The molecule has 16 heteroatoms. The average Bonchev–Trinajstić information content (AvgIpc) is 3.21. The Morgan fingerprint density at radius 2 is 1.71 bits per heavy atom. The van der Waals surface area contributed by atoms with Crippen molar-refractivity contribution in [1.29, 1.82) is 0 Å². The van der Waals surface area contributed by atoms with Gasteiger partial charge in [-0.2, -0.15) is 0 Å². The molecular weight excluding hydrogens is 567 g/mol. The fraction of sp³-hybridized carbons (Fsp3) is 0.136. The Morgan fingerprint density at radius 3 is 2.39 bits per heavy atom. The van der Waals surface area contributed by atoms with Gasteiger partial charge in [0.1, 0.15) is 27.3 Å². The molecule has 0 saturated heterocycles. The van der Waals surface area contributed by atoms with Crippen LogP contribution >= 0.6 is 11.3 Å². The molecule has 0 saturated carbocycles. The topological polar surface area (TPSA) is 151 Å². The van der Waals surface area contributed by atoms with Crippen LogP contribution in [0, 0.1) is 17.5 Å². The third kappa shape index (κ3) is 6.20. The normalized spacial score (nSPS) is 11.9. The molecule has 38 heavy (non-hydrogen) atoms. The molecule has 200 valence electrons. The predicted octanol–water partition coefficient (Wildman–Crippen LogP) is 3.24. The summed E-state index contributed by atoms with van der Waals surface area (Å²) < 4.78 is 92.5. The molecule has 0 spiro atoms. The molecule has 0 aliphatic heterocycles. The number of benzene rings is 2. The number of hydrogen-bond acceptors (Lipinski definition) is 9. The van der Waals surface area contributed by atoms with E-state index in [1.807, 2.05) is 4.72 Å². The quantitative estimate of drug-likeness (QED) is 0.271. The minimum atomic E-state index is -4.86. The number of aromatic amines is 1. The van der Waals surface area contributed by atoms with E-state index in [0.29, 0.717) is 4.88 Å². The van der Waals surface area contributed by atoms with Gasteiger partial charge in [-0.3, -0.25) is 9.52 Å². The van der Waals surface area contributed by atoms with Gasteiger partial charge < -0.3 is 10.3 Å². The van der Waals surface area contributed by atoms with E-state index in [1.54, 1.807) is 0 Å². The van der Waals surface area contributed by atoms with Crippen LogP contribution in [-0.2, 0) is 19.9 Å². The summed E-state index contributed by atoms with van der Waals surface area (Å²) in [4.78, 5) is 21.6. The Bertz CT molecular complexity index is 1770. The second-order valence-electron chi connectivity index (χ2n) is 7.89. The van der Waals surface area contributed by atoms with Gasteiger partial charge in [0.15, 0.2) is 4.90 Å². The first-order valence-corrected chi connectivity index (χ1v) is 14.9. The van der Waals surface area contributed by atoms with E-state index in [1.165, 1.54) is 18.3 Å². The molecule has 2 aromatic carbocycles. The number of H-pyrrole nitrogens is 1. The SMILES string of the molecule is CS(=O)(=O)CCNc1nccc(-c2sc(=O)[nH]c2-c2ccc(F)c(NS(=O)(=O)c3c(F)cccc3F)c2)n1. The molecule has 0 aliphatic rings. The maximum absolute atomic E-state index is 14.6. The van der Waals surface area contributed by atoms with Gasteiger partial charge in [0.05, 0.1) is 27.7 Å². The summed E-state index contributed by atoms with van der Waals surface area (Å²) in [5.41, 5.74) is -0.0241. The van der Waals surface area contributed by atoms with Crippen molar-refractivity contribution in [2.45, 2.75) is 4.90 Å². The summed E-state index contributed by atoms with van der Waals surface area (Å²) in [6.45, 7) is 0.0442. The van der Waals surface area contributed by atoms with Gasteiger partial charge in [0.2, 0.25) is 5.95 Å². The molecule has 10 nitrogen and oxygen atoms in total. The van der Waals surface area contributed by atoms with E-state index in [9.17, 15) is 34.8 Å². The first-order valence-electron chi connectivity index (χ1n) is 10.6. The maximum Gasteiger partial charge on any atom is 0.305 e. The minimum Gasteiger partial charge on any atom is -0.353 e. The van der Waals surface area contributed by atoms with Crippen LogP contribution in [0.25, 0.3) is 21.8 Å². The van der Waals surface area contributed by atoms with Crippen molar-refractivity contribution in [3.63, 3.8) is 0 Å². The van der Waals surface area contributed by atoms with Crippen LogP contribution in [0.15, 0.2) is 58.4 Å². The van der Waals surface area contributed by atoms with E-state index >= 15 is 0 Å². The van der Waals surface area contributed by atoms with Gasteiger partial charge in [-0.1, -0.05) is 17.4 Å². The van der Waals surface area contributed by atoms with E-state index in [2.05, 4.69) is 20.3 Å². The van der Waals surface area contributed by atoms with Crippen molar-refractivity contribution in [2.75, 3.05) is 28.6 Å². The second-order valence-corrected chi connectivity index (χ2v) is 12.8. The Labute approximate surface area is 218 Å². The Hall–Kier alpha value is -3.76. The third-order valence-corrected chi connectivity index (χ3v) is 8.25. The first kappa shape index (κ1) is 27.3. The van der Waals surface area contributed by atoms with Gasteiger partial charge >= 0.3 is 4.87 Å². The molecule has 2 heterocycles. The van der Waals surface area contributed by atoms with Crippen LogP contribution in [0.2, 0.25) is 0 Å². The fourth-order valence-corrected chi connectivity index (χ4v) is 5.82. The molecular formula is C22H18F3N5O5S3. The summed E-state index contributed by atoms with van der Waals surface area (Å²) >= 11 is 0.766. The van der Waals surface area contributed by atoms with Crippen molar-refractivity contribution in [1.82, 2.24) is 15.0 Å². The lowest BCUT2D eigenvalue weighted by Gasteiger charge is -2.12. The van der Waals surface area contributed by atoms with Crippen molar-refractivity contribution in [3.8, 4) is 21.8 Å². The number of sulfone groups is 1. The monoisotopic (exact) mass is 585 g/mol. The summed E-state index contributed by atoms with van der Waals surface area (Å²) in [6.07, 6.45) is 2.46. The number of anilines is 2. The zero-order valence-electron chi connectivity index (χ0n) is 19.3. The van der Waals surface area contributed by atoms with Crippen molar-refractivity contribution < 1.29 is 30.0 Å². The molecule has 4 rings (SSSR count). The third-order valence-electron chi connectivity index (χ3n) is 4.98. The molecule has 4 aromatic rings. The highest BCUT2D eigenvalue weighted by Gasteiger charge is 2.25. The Morgan fingerprint density at radius 1 is 1.00 bits per heavy atom. The van der Waals surface area contributed by atoms with Crippen molar-refractivity contribution >= 4 is 42.8 Å². The van der Waals surface area contributed by atoms with Crippen molar-refractivity contribution in [2.24, 2.45) is 0 Å². The summed E-state index contributed by atoms with van der Waals surface area (Å²) in [5, 5.41) is 2.77. The standard InChI is InChI=1S/C22H18F3N5O5S3/c1-37(32,33)10-9-27-21-26-8-7-16(28-21)19-18(29-22(31)36-19)12-5-6-13(23)17(11-12)30-38(34,35)20-14(24)3-2-4-15(20)25/h2-8,11,30H,9-10H2,1H3,(H,29,31)(H,26,27,28). The number of rotatable bonds is 9. The van der Waals surface area contributed by atoms with Crippen molar-refractivity contribution in [3.05, 3.63) is 75.8 Å². The fourth-order valence-electron chi connectivity index (χ4n) is 3.32.